The molecule has 0 saturated carbocycles. The number of hydrogen-bond acceptors (Lipinski definition) is 5. The number of aromatic nitrogens is 3. The summed E-state index contributed by atoms with van der Waals surface area (Å²) in [5.74, 6) is 0.634. The van der Waals surface area contributed by atoms with Crippen molar-refractivity contribution in [2.75, 3.05) is 18.0 Å². The van der Waals surface area contributed by atoms with E-state index in [2.05, 4.69) is 32.5 Å². The summed E-state index contributed by atoms with van der Waals surface area (Å²) in [7, 11) is 1.64. The number of piperidine rings is 1. The molecule has 0 atom stereocenters. The Morgan fingerprint density at radius 3 is 2.85 bits per heavy atom. The number of rotatable bonds is 4. The number of aryl methyl sites for hydroxylation is 1. The first-order valence-corrected chi connectivity index (χ1v) is 9.80. The average Bonchev–Trinajstić information content (AvgIpc) is 3.36. The number of nitrogens with one attached hydrogen (secondary N) is 2. The van der Waals surface area contributed by atoms with Crippen LogP contribution in [0.1, 0.15) is 23.2 Å². The maximum Gasteiger partial charge on any atom is 0.263 e. The SMILES string of the molecule is Cn1cccc(C(=O)NC2CCN(c3cc(-c4cccs4)[nH]n3)CC2)c1=O. The van der Waals surface area contributed by atoms with Crippen molar-refractivity contribution in [1.29, 1.82) is 0 Å². The van der Waals surface area contributed by atoms with Gasteiger partial charge in [-0.25, -0.2) is 0 Å². The van der Waals surface area contributed by atoms with Gasteiger partial charge in [0.2, 0.25) is 0 Å². The molecule has 1 amide bonds. The van der Waals surface area contributed by atoms with Crippen molar-refractivity contribution in [1.82, 2.24) is 20.1 Å². The van der Waals surface area contributed by atoms with Crippen LogP contribution in [0.5, 0.6) is 0 Å². The maximum atomic E-state index is 12.4. The summed E-state index contributed by atoms with van der Waals surface area (Å²) >= 11 is 1.68. The molecule has 4 rings (SSSR count). The van der Waals surface area contributed by atoms with Crippen LogP contribution in [0, 0.1) is 0 Å². The van der Waals surface area contributed by atoms with Crippen LogP contribution in [0.4, 0.5) is 5.82 Å². The number of carbonyl (C=O) groups is 1. The first kappa shape index (κ1) is 17.5. The summed E-state index contributed by atoms with van der Waals surface area (Å²) in [4.78, 5) is 27.9. The molecule has 3 aromatic rings. The zero-order chi connectivity index (χ0) is 18.8. The number of hydrogen-bond donors (Lipinski definition) is 2. The minimum atomic E-state index is -0.297. The molecule has 8 heteroatoms. The lowest BCUT2D eigenvalue weighted by molar-refractivity contribution is 0.0929. The van der Waals surface area contributed by atoms with Gasteiger partial charge in [-0.1, -0.05) is 6.07 Å². The van der Waals surface area contributed by atoms with Crippen molar-refractivity contribution in [3.8, 4) is 10.6 Å². The maximum absolute atomic E-state index is 12.4. The third-order valence-electron chi connectivity index (χ3n) is 4.87. The van der Waals surface area contributed by atoms with E-state index in [1.54, 1.807) is 36.7 Å². The van der Waals surface area contributed by atoms with Gasteiger partial charge in [-0.05, 0) is 36.4 Å². The summed E-state index contributed by atoms with van der Waals surface area (Å²) in [5, 5.41) is 12.6. The molecular weight excluding hydrogens is 362 g/mol. The fraction of sp³-hybridized carbons (Fsp3) is 0.316. The third-order valence-corrected chi connectivity index (χ3v) is 5.78. The molecule has 1 saturated heterocycles. The number of thiophene rings is 1. The topological polar surface area (TPSA) is 83.0 Å². The van der Waals surface area contributed by atoms with E-state index in [0.29, 0.717) is 0 Å². The Labute approximate surface area is 160 Å². The van der Waals surface area contributed by atoms with Crippen molar-refractivity contribution < 1.29 is 4.79 Å². The van der Waals surface area contributed by atoms with Gasteiger partial charge >= 0.3 is 0 Å². The summed E-state index contributed by atoms with van der Waals surface area (Å²) in [6, 6.07) is 9.50. The lowest BCUT2D eigenvalue weighted by Crippen LogP contribution is -2.46. The Bertz CT molecular complexity index is 984. The lowest BCUT2D eigenvalue weighted by atomic mass is 10.0. The number of anilines is 1. The van der Waals surface area contributed by atoms with Gasteiger partial charge in [-0.15, -0.1) is 11.3 Å². The second kappa shape index (κ2) is 7.40. The van der Waals surface area contributed by atoms with E-state index >= 15 is 0 Å². The van der Waals surface area contributed by atoms with Crippen molar-refractivity contribution in [3.63, 3.8) is 0 Å². The van der Waals surface area contributed by atoms with Gasteiger partial charge < -0.3 is 14.8 Å². The summed E-state index contributed by atoms with van der Waals surface area (Å²) in [6.45, 7) is 1.62. The molecule has 0 radical (unpaired) electrons. The minimum Gasteiger partial charge on any atom is -0.355 e. The molecule has 2 N–H and O–H groups in total. The summed E-state index contributed by atoms with van der Waals surface area (Å²) in [6.07, 6.45) is 3.28. The van der Waals surface area contributed by atoms with Gasteiger partial charge in [0.1, 0.15) is 5.56 Å². The average molecular weight is 383 g/mol. The minimum absolute atomic E-state index is 0.0642. The number of amides is 1. The van der Waals surface area contributed by atoms with E-state index in [4.69, 9.17) is 0 Å². The predicted octanol–water partition coefficient (Wildman–Crippen LogP) is 2.24. The van der Waals surface area contributed by atoms with Gasteiger partial charge in [0.25, 0.3) is 11.5 Å². The highest BCUT2D eigenvalue weighted by atomic mass is 32.1. The number of H-pyrrole nitrogens is 1. The van der Waals surface area contributed by atoms with Gasteiger partial charge in [-0.3, -0.25) is 14.7 Å². The Balaban J connectivity index is 1.36. The molecule has 7 nitrogen and oxygen atoms in total. The standard InChI is InChI=1S/C19H21N5O2S/c1-23-8-2-4-14(19(23)26)18(25)20-13-6-9-24(10-7-13)17-12-15(21-22-17)16-5-3-11-27-16/h2-5,8,11-13H,6-7,9-10H2,1H3,(H,20,25)(H,21,22). The van der Waals surface area contributed by atoms with Crippen LogP contribution in [0.15, 0.2) is 46.7 Å². The monoisotopic (exact) mass is 383 g/mol. The largest absolute Gasteiger partial charge is 0.355 e. The molecule has 0 unspecified atom stereocenters. The van der Waals surface area contributed by atoms with E-state index < -0.39 is 0 Å². The first-order chi connectivity index (χ1) is 13.1. The first-order valence-electron chi connectivity index (χ1n) is 8.92. The fourth-order valence-corrected chi connectivity index (χ4v) is 4.01. The quantitative estimate of drug-likeness (QED) is 0.724. The van der Waals surface area contributed by atoms with E-state index in [1.165, 1.54) is 9.44 Å². The molecule has 0 spiro atoms. The molecule has 1 fully saturated rings. The molecule has 1 aliphatic heterocycles. The number of nitrogens with zero attached hydrogens (tertiary/aromatic N) is 3. The van der Waals surface area contributed by atoms with Gasteiger partial charge in [0, 0.05) is 38.4 Å². The smallest absolute Gasteiger partial charge is 0.263 e. The van der Waals surface area contributed by atoms with Gasteiger partial charge in [0.15, 0.2) is 5.82 Å². The highest BCUT2D eigenvalue weighted by Crippen LogP contribution is 2.27. The van der Waals surface area contributed by atoms with E-state index in [9.17, 15) is 9.59 Å². The molecule has 1 aliphatic rings. The molecular formula is C19H21N5O2S. The molecule has 3 aromatic heterocycles. The lowest BCUT2D eigenvalue weighted by Gasteiger charge is -2.32. The Morgan fingerprint density at radius 1 is 1.30 bits per heavy atom. The fourth-order valence-electron chi connectivity index (χ4n) is 3.32. The van der Waals surface area contributed by atoms with Crippen LogP contribution in [-0.4, -0.2) is 39.8 Å². The zero-order valence-corrected chi connectivity index (χ0v) is 15.8. The van der Waals surface area contributed by atoms with Crippen molar-refractivity contribution in [3.05, 3.63) is 57.8 Å². The number of carbonyl (C=O) groups excluding carboxylic acids is 1. The van der Waals surface area contributed by atoms with Crippen LogP contribution in [0.3, 0.4) is 0 Å². The third kappa shape index (κ3) is 3.66. The summed E-state index contributed by atoms with van der Waals surface area (Å²) < 4.78 is 1.42. The van der Waals surface area contributed by atoms with Crippen LogP contribution in [0.25, 0.3) is 10.6 Å². The van der Waals surface area contributed by atoms with Crippen LogP contribution >= 0.6 is 11.3 Å². The van der Waals surface area contributed by atoms with Gasteiger partial charge in [-0.2, -0.15) is 5.10 Å². The molecule has 4 heterocycles. The normalized spacial score (nSPS) is 15.1. The Morgan fingerprint density at radius 2 is 2.11 bits per heavy atom. The molecule has 140 valence electrons. The number of aromatic amines is 1. The second-order valence-electron chi connectivity index (χ2n) is 6.69. The predicted molar refractivity (Wildman–Crippen MR) is 106 cm³/mol. The van der Waals surface area contributed by atoms with E-state index in [1.807, 2.05) is 11.4 Å². The second-order valence-corrected chi connectivity index (χ2v) is 7.64. The molecule has 0 aliphatic carbocycles. The molecule has 0 bridgehead atoms. The Hall–Kier alpha value is -2.87. The van der Waals surface area contributed by atoms with E-state index in [0.717, 1.165) is 37.4 Å². The van der Waals surface area contributed by atoms with Crippen molar-refractivity contribution in [2.45, 2.75) is 18.9 Å². The van der Waals surface area contributed by atoms with Crippen LogP contribution < -0.4 is 15.8 Å². The highest BCUT2D eigenvalue weighted by Gasteiger charge is 2.23. The van der Waals surface area contributed by atoms with Crippen molar-refractivity contribution in [2.24, 2.45) is 7.05 Å². The zero-order valence-electron chi connectivity index (χ0n) is 15.0. The van der Waals surface area contributed by atoms with Crippen molar-refractivity contribution >= 4 is 23.1 Å². The van der Waals surface area contributed by atoms with Crippen LogP contribution in [0.2, 0.25) is 0 Å². The molecule has 27 heavy (non-hydrogen) atoms. The van der Waals surface area contributed by atoms with E-state index in [-0.39, 0.29) is 23.1 Å². The summed E-state index contributed by atoms with van der Waals surface area (Å²) in [5.41, 5.74) is 0.940. The number of pyridine rings is 1. The Kier molecular flexibility index (Phi) is 4.81. The highest BCUT2D eigenvalue weighted by molar-refractivity contribution is 7.13. The van der Waals surface area contributed by atoms with Gasteiger partial charge in [0.05, 0.1) is 10.6 Å². The molecule has 0 aromatic carbocycles. The van der Waals surface area contributed by atoms with Crippen LogP contribution in [-0.2, 0) is 7.05 Å².